The summed E-state index contributed by atoms with van der Waals surface area (Å²) in [6, 6.07) is 24.8. The van der Waals surface area contributed by atoms with Crippen molar-refractivity contribution in [2.45, 2.75) is 18.1 Å². The number of rotatable bonds is 7. The number of thioether (sulfide) groups is 1. The summed E-state index contributed by atoms with van der Waals surface area (Å²) in [5.41, 5.74) is 2.36. The van der Waals surface area contributed by atoms with Gasteiger partial charge < -0.3 is 5.32 Å². The lowest BCUT2D eigenvalue weighted by Crippen LogP contribution is -2.35. The van der Waals surface area contributed by atoms with Gasteiger partial charge in [0.1, 0.15) is 11.1 Å². The average Bonchev–Trinajstić information content (AvgIpc) is 3.08. The minimum Gasteiger partial charge on any atom is -0.326 e. The first-order chi connectivity index (χ1) is 15.6. The topological polar surface area (TPSA) is 61.8 Å². The molecule has 0 aromatic heterocycles. The molecular weight excluding hydrogens is 425 g/mol. The summed E-state index contributed by atoms with van der Waals surface area (Å²) in [6.07, 6.45) is 0.614. The molecule has 3 aromatic carbocycles. The van der Waals surface area contributed by atoms with Gasteiger partial charge in [-0.3, -0.25) is 14.5 Å². The fraction of sp³-hybridized carbons (Fsp3) is 0.160. The fourth-order valence-electron chi connectivity index (χ4n) is 3.34. The number of carbonyl (C=O) groups is 2. The minimum absolute atomic E-state index is 0.0548. The third kappa shape index (κ3) is 5.62. The van der Waals surface area contributed by atoms with Gasteiger partial charge >= 0.3 is 0 Å². The zero-order valence-electron chi connectivity index (χ0n) is 17.3. The first-order valence-electron chi connectivity index (χ1n) is 10.3. The number of benzene rings is 3. The molecule has 1 aliphatic heterocycles. The highest BCUT2D eigenvalue weighted by molar-refractivity contribution is 8.15. The van der Waals surface area contributed by atoms with Gasteiger partial charge in [-0.1, -0.05) is 60.3 Å². The normalized spacial score (nSPS) is 17.0. The van der Waals surface area contributed by atoms with Gasteiger partial charge in [0.25, 0.3) is 0 Å². The van der Waals surface area contributed by atoms with Crippen molar-refractivity contribution in [3.05, 3.63) is 96.3 Å². The van der Waals surface area contributed by atoms with Crippen LogP contribution in [-0.4, -0.2) is 33.7 Å². The molecule has 5 nitrogen and oxygen atoms in total. The Bertz CT molecular complexity index is 1110. The van der Waals surface area contributed by atoms with Crippen LogP contribution < -0.4 is 5.32 Å². The molecule has 162 valence electrons. The maximum atomic E-state index is 13.2. The summed E-state index contributed by atoms with van der Waals surface area (Å²) in [4.78, 5) is 32.0. The molecule has 1 fully saturated rings. The van der Waals surface area contributed by atoms with Crippen LogP contribution in [0.3, 0.4) is 0 Å². The van der Waals surface area contributed by atoms with Crippen LogP contribution in [0.25, 0.3) is 0 Å². The largest absolute Gasteiger partial charge is 0.326 e. The van der Waals surface area contributed by atoms with Crippen molar-refractivity contribution in [1.29, 1.82) is 0 Å². The Morgan fingerprint density at radius 3 is 2.31 bits per heavy atom. The van der Waals surface area contributed by atoms with Gasteiger partial charge in [0.2, 0.25) is 11.8 Å². The van der Waals surface area contributed by atoms with Crippen molar-refractivity contribution in [3.63, 3.8) is 0 Å². The first kappa shape index (κ1) is 21.8. The lowest BCUT2D eigenvalue weighted by molar-refractivity contribution is -0.128. The Kier molecular flexibility index (Phi) is 6.97. The van der Waals surface area contributed by atoms with E-state index in [2.05, 4.69) is 10.3 Å². The molecule has 1 heterocycles. The molecule has 1 aliphatic rings. The van der Waals surface area contributed by atoms with Gasteiger partial charge in [-0.15, -0.1) is 0 Å². The van der Waals surface area contributed by atoms with E-state index in [1.165, 1.54) is 23.9 Å². The number of hydrogen-bond donors (Lipinski definition) is 1. The molecule has 0 saturated carbocycles. The summed E-state index contributed by atoms with van der Waals surface area (Å²) < 4.78 is 13.2. The summed E-state index contributed by atoms with van der Waals surface area (Å²) >= 11 is 1.30. The third-order valence-electron chi connectivity index (χ3n) is 4.97. The van der Waals surface area contributed by atoms with E-state index in [0.29, 0.717) is 23.8 Å². The molecule has 0 unspecified atom stereocenters. The second-order valence-electron chi connectivity index (χ2n) is 7.32. The van der Waals surface area contributed by atoms with Crippen LogP contribution in [0.4, 0.5) is 15.8 Å². The maximum absolute atomic E-state index is 13.2. The van der Waals surface area contributed by atoms with Crippen LogP contribution in [0.1, 0.15) is 12.0 Å². The number of amidine groups is 1. The van der Waals surface area contributed by atoms with E-state index in [1.807, 2.05) is 48.5 Å². The Balaban J connectivity index is 1.49. The van der Waals surface area contributed by atoms with E-state index in [4.69, 9.17) is 0 Å². The second-order valence-corrected chi connectivity index (χ2v) is 8.49. The Hall–Kier alpha value is -3.45. The number of halogens is 1. The summed E-state index contributed by atoms with van der Waals surface area (Å²) in [5, 5.41) is 2.86. The van der Waals surface area contributed by atoms with Crippen LogP contribution in [0, 0.1) is 5.82 Å². The van der Waals surface area contributed by atoms with E-state index in [-0.39, 0.29) is 24.1 Å². The van der Waals surface area contributed by atoms with Crippen LogP contribution in [-0.2, 0) is 16.0 Å². The number of aliphatic imine (C=N–C) groups is 1. The van der Waals surface area contributed by atoms with E-state index in [0.717, 1.165) is 11.3 Å². The highest BCUT2D eigenvalue weighted by Gasteiger charge is 2.39. The van der Waals surface area contributed by atoms with Crippen LogP contribution in [0.5, 0.6) is 0 Å². The molecule has 0 bridgehead atoms. The van der Waals surface area contributed by atoms with Crippen molar-refractivity contribution >= 4 is 40.1 Å². The molecule has 4 rings (SSSR count). The number of carbonyl (C=O) groups excluding carboxylic acids is 2. The lowest BCUT2D eigenvalue weighted by atomic mass is 10.1. The Labute approximate surface area is 190 Å². The Morgan fingerprint density at radius 2 is 1.62 bits per heavy atom. The first-order valence-corrected chi connectivity index (χ1v) is 11.2. The predicted molar refractivity (Wildman–Crippen MR) is 126 cm³/mol. The molecule has 2 amide bonds. The van der Waals surface area contributed by atoms with Gasteiger partial charge in [0.15, 0.2) is 5.17 Å². The maximum Gasteiger partial charge on any atom is 0.242 e. The summed E-state index contributed by atoms with van der Waals surface area (Å²) in [5.74, 6) is -0.658. The number of hydrogen-bond acceptors (Lipinski definition) is 4. The van der Waals surface area contributed by atoms with E-state index < -0.39 is 5.25 Å². The van der Waals surface area contributed by atoms with Gasteiger partial charge in [-0.2, -0.15) is 0 Å². The number of para-hydroxylation sites is 2. The van der Waals surface area contributed by atoms with Crippen molar-refractivity contribution in [1.82, 2.24) is 4.90 Å². The standard InChI is InChI=1S/C25H22FN3O2S/c26-19-13-11-18(12-14-19)15-16-29-24(31)22(17-23(30)27-20-7-3-1-4-8-20)32-25(29)28-21-9-5-2-6-10-21/h1-14,22H,15-17H2,(H,27,30)/t22-/m0/s1. The average molecular weight is 448 g/mol. The SMILES string of the molecule is O=C(C[C@@H]1SC(=Nc2ccccc2)N(CCc2ccc(F)cc2)C1=O)Nc1ccccc1. The zero-order chi connectivity index (χ0) is 22.3. The van der Waals surface area contributed by atoms with Crippen LogP contribution >= 0.6 is 11.8 Å². The lowest BCUT2D eigenvalue weighted by Gasteiger charge is -2.16. The predicted octanol–water partition coefficient (Wildman–Crippen LogP) is 5.03. The molecule has 0 spiro atoms. The third-order valence-corrected chi connectivity index (χ3v) is 6.14. The van der Waals surface area contributed by atoms with E-state index in [1.54, 1.807) is 29.2 Å². The second kappa shape index (κ2) is 10.2. The van der Waals surface area contributed by atoms with E-state index >= 15 is 0 Å². The number of anilines is 1. The van der Waals surface area contributed by atoms with Gasteiger partial charge in [0, 0.05) is 18.7 Å². The van der Waals surface area contributed by atoms with Crippen molar-refractivity contribution in [3.8, 4) is 0 Å². The fourth-order valence-corrected chi connectivity index (χ4v) is 4.52. The molecule has 1 saturated heterocycles. The quantitative estimate of drug-likeness (QED) is 0.553. The van der Waals surface area contributed by atoms with Gasteiger partial charge in [-0.25, -0.2) is 9.38 Å². The minimum atomic E-state index is -0.547. The molecule has 1 N–H and O–H groups in total. The van der Waals surface area contributed by atoms with Crippen molar-refractivity contribution in [2.75, 3.05) is 11.9 Å². The highest BCUT2D eigenvalue weighted by Crippen LogP contribution is 2.32. The molecule has 3 aromatic rings. The van der Waals surface area contributed by atoms with Crippen molar-refractivity contribution < 1.29 is 14.0 Å². The van der Waals surface area contributed by atoms with Gasteiger partial charge in [0.05, 0.1) is 5.69 Å². The number of nitrogens with zero attached hydrogens (tertiary/aromatic N) is 2. The number of amides is 2. The highest BCUT2D eigenvalue weighted by atomic mass is 32.2. The molecule has 0 aliphatic carbocycles. The summed E-state index contributed by atoms with van der Waals surface area (Å²) in [6.45, 7) is 0.403. The number of nitrogens with one attached hydrogen (secondary N) is 1. The monoisotopic (exact) mass is 447 g/mol. The molecule has 32 heavy (non-hydrogen) atoms. The van der Waals surface area contributed by atoms with Crippen molar-refractivity contribution in [2.24, 2.45) is 4.99 Å². The molecule has 0 radical (unpaired) electrons. The smallest absolute Gasteiger partial charge is 0.242 e. The molecule has 7 heteroatoms. The Morgan fingerprint density at radius 1 is 0.969 bits per heavy atom. The summed E-state index contributed by atoms with van der Waals surface area (Å²) in [7, 11) is 0. The zero-order valence-corrected chi connectivity index (χ0v) is 18.1. The van der Waals surface area contributed by atoms with Crippen LogP contribution in [0.2, 0.25) is 0 Å². The van der Waals surface area contributed by atoms with Crippen LogP contribution in [0.15, 0.2) is 89.9 Å². The molecular formula is C25H22FN3O2S. The van der Waals surface area contributed by atoms with Gasteiger partial charge in [-0.05, 0) is 48.4 Å². The van der Waals surface area contributed by atoms with E-state index in [9.17, 15) is 14.0 Å². The molecule has 1 atom stereocenters.